The van der Waals surface area contributed by atoms with Gasteiger partial charge >= 0.3 is 11.9 Å². The van der Waals surface area contributed by atoms with Gasteiger partial charge < -0.3 is 29.2 Å². The molecule has 1 aliphatic carbocycles. The molecule has 12 heteroatoms. The van der Waals surface area contributed by atoms with Crippen molar-refractivity contribution in [3.63, 3.8) is 0 Å². The van der Waals surface area contributed by atoms with Gasteiger partial charge in [0.2, 0.25) is 0 Å². The number of allylic oxidation sites excluding steroid dienone is 2. The Balaban J connectivity index is 2.15. The van der Waals surface area contributed by atoms with Crippen LogP contribution in [0.1, 0.15) is 202 Å². The second kappa shape index (κ2) is 32.1. The lowest BCUT2D eigenvalue weighted by atomic mass is 9.83. The fourth-order valence-electron chi connectivity index (χ4n) is 9.36. The summed E-state index contributed by atoms with van der Waals surface area (Å²) >= 11 is 0. The number of phenols is 1. The predicted molar refractivity (Wildman–Crippen MR) is 294 cm³/mol. The van der Waals surface area contributed by atoms with Gasteiger partial charge in [0.15, 0.2) is 23.1 Å². The number of aliphatic hydroxyl groups is 1. The minimum atomic E-state index is -1.24. The van der Waals surface area contributed by atoms with Gasteiger partial charge in [-0.2, -0.15) is 0 Å². The number of carbonyl (C=O) groups excluding carboxylic acids is 6. The molecule has 0 saturated heterocycles. The highest BCUT2D eigenvalue weighted by atomic mass is 16.6. The molecule has 6 bridgehead atoms. The van der Waals surface area contributed by atoms with E-state index < -0.39 is 24.0 Å². The summed E-state index contributed by atoms with van der Waals surface area (Å²) in [6, 6.07) is 10.4. The van der Waals surface area contributed by atoms with Crippen molar-refractivity contribution in [3.05, 3.63) is 136 Å². The fraction of sp³-hybridized carbons (Fsp3) is 0.492. The van der Waals surface area contributed by atoms with Crippen molar-refractivity contribution in [1.82, 2.24) is 0 Å². The van der Waals surface area contributed by atoms with Gasteiger partial charge in [0, 0.05) is 72.9 Å². The first kappa shape index (κ1) is 61.1. The number of phenolic OH excluding ortho intramolecular Hbond substituents is 1. The normalized spacial score (nSPS) is 14.9. The molecule has 0 fully saturated rings. The fourth-order valence-corrected chi connectivity index (χ4v) is 9.36. The molecule has 406 valence electrons. The monoisotopic (exact) mass is 1030 g/mol. The Morgan fingerprint density at radius 3 is 1.33 bits per heavy atom. The molecule has 3 aromatic carbocycles. The van der Waals surface area contributed by atoms with E-state index in [9.17, 15) is 39.0 Å². The third-order valence-corrected chi connectivity index (χ3v) is 13.6. The lowest BCUT2D eigenvalue weighted by Crippen LogP contribution is -2.25. The van der Waals surface area contributed by atoms with E-state index >= 15 is 0 Å². The first-order valence-corrected chi connectivity index (χ1v) is 27.3. The van der Waals surface area contributed by atoms with Crippen LogP contribution in [-0.4, -0.2) is 77.8 Å². The van der Waals surface area contributed by atoms with Gasteiger partial charge in [-0.25, -0.2) is 9.59 Å². The van der Waals surface area contributed by atoms with Crippen LogP contribution < -0.4 is 9.47 Å². The van der Waals surface area contributed by atoms with E-state index in [2.05, 4.69) is 47.4 Å². The summed E-state index contributed by atoms with van der Waals surface area (Å²) in [5.41, 5.74) is 4.60. The minimum Gasteiger partial charge on any atom is -0.507 e. The number of aromatic hydroxyl groups is 1. The molecule has 2 atom stereocenters. The largest absolute Gasteiger partial charge is 0.507 e. The van der Waals surface area contributed by atoms with Gasteiger partial charge in [-0.15, -0.1) is 0 Å². The molecule has 2 unspecified atom stereocenters. The Hall–Kier alpha value is -6.40. The lowest BCUT2D eigenvalue weighted by Gasteiger charge is -2.27. The SMILES string of the molecule is C=CC(=O)OCCOc1c2cc(C(=O)CCCCC)cc1Cc1cc(C(=O)CCCCC)cc(c1O)Cc1cc(C(=O)CCCCC)cc(c1OCCOC(=O)C=C)CC(C)C(O)/C(=C\C(=C)C(=O)CCCCC)C2. The van der Waals surface area contributed by atoms with Crippen molar-refractivity contribution >= 4 is 35.1 Å². The number of hydrogen-bond acceptors (Lipinski definition) is 12. The number of Topliss-reactive ketones (excluding diaryl/α,β-unsaturated/α-hetero) is 4. The Morgan fingerprint density at radius 1 is 0.547 bits per heavy atom. The summed E-state index contributed by atoms with van der Waals surface area (Å²) in [6.07, 6.45) is 13.5. The van der Waals surface area contributed by atoms with Crippen molar-refractivity contribution in [3.8, 4) is 17.2 Å². The molecule has 0 aromatic heterocycles. The minimum absolute atomic E-state index is 0.00105. The molecule has 0 spiro atoms. The summed E-state index contributed by atoms with van der Waals surface area (Å²) in [5, 5.41) is 25.3. The van der Waals surface area contributed by atoms with Crippen LogP contribution in [0.25, 0.3) is 0 Å². The van der Waals surface area contributed by atoms with Crippen LogP contribution in [0.15, 0.2) is 85.5 Å². The van der Waals surface area contributed by atoms with Crippen LogP contribution in [0.2, 0.25) is 0 Å². The highest BCUT2D eigenvalue weighted by molar-refractivity contribution is 5.99. The zero-order valence-electron chi connectivity index (χ0n) is 45.4. The smallest absolute Gasteiger partial charge is 0.330 e. The Bertz CT molecular complexity index is 2530. The quantitative estimate of drug-likeness (QED) is 0.0270. The average Bonchev–Trinajstić information content (AvgIpc) is 3.39. The molecular formula is C63H82O12. The number of rotatable bonds is 31. The first-order valence-electron chi connectivity index (χ1n) is 27.3. The number of benzene rings is 3. The average molecular weight is 1030 g/mol. The molecule has 0 aliphatic heterocycles. The van der Waals surface area contributed by atoms with E-state index in [1.165, 1.54) is 0 Å². The van der Waals surface area contributed by atoms with Crippen molar-refractivity contribution < 1.29 is 57.9 Å². The van der Waals surface area contributed by atoms with Gasteiger partial charge in [-0.1, -0.05) is 106 Å². The Kier molecular flexibility index (Phi) is 26.2. The van der Waals surface area contributed by atoms with Crippen LogP contribution in [-0.2, 0) is 49.5 Å². The summed E-state index contributed by atoms with van der Waals surface area (Å²) in [5.74, 6) is -1.82. The summed E-state index contributed by atoms with van der Waals surface area (Å²) in [6.45, 7) is 20.8. The highest BCUT2D eigenvalue weighted by Gasteiger charge is 2.29. The molecule has 75 heavy (non-hydrogen) atoms. The summed E-state index contributed by atoms with van der Waals surface area (Å²) in [4.78, 5) is 80.6. The third-order valence-electron chi connectivity index (χ3n) is 13.6. The van der Waals surface area contributed by atoms with E-state index in [0.717, 1.165) is 63.5 Å². The van der Waals surface area contributed by atoms with E-state index in [0.29, 0.717) is 99.2 Å². The number of fused-ring (bicyclic) bond motifs is 6. The third kappa shape index (κ3) is 19.0. The van der Waals surface area contributed by atoms with E-state index in [1.807, 2.05) is 6.92 Å². The zero-order chi connectivity index (χ0) is 54.9. The molecule has 0 heterocycles. The van der Waals surface area contributed by atoms with E-state index in [1.54, 1.807) is 42.5 Å². The number of ether oxygens (including phenoxy) is 4. The number of hydrogen-bond donors (Lipinski definition) is 2. The molecule has 4 rings (SSSR count). The van der Waals surface area contributed by atoms with Crippen molar-refractivity contribution in [2.24, 2.45) is 5.92 Å². The summed E-state index contributed by atoms with van der Waals surface area (Å²) in [7, 11) is 0. The number of aliphatic hydroxyl groups excluding tert-OH is 1. The second-order valence-corrected chi connectivity index (χ2v) is 19.8. The Labute approximate surface area is 445 Å². The topological polar surface area (TPSA) is 180 Å². The molecule has 12 nitrogen and oxygen atoms in total. The maximum Gasteiger partial charge on any atom is 0.330 e. The maximum absolute atomic E-state index is 14.2. The van der Waals surface area contributed by atoms with Crippen LogP contribution in [0, 0.1) is 5.92 Å². The lowest BCUT2D eigenvalue weighted by molar-refractivity contribution is -0.139. The molecule has 0 radical (unpaired) electrons. The first-order chi connectivity index (χ1) is 36.1. The molecule has 3 aromatic rings. The zero-order valence-corrected chi connectivity index (χ0v) is 45.4. The van der Waals surface area contributed by atoms with Gasteiger partial charge in [-0.05, 0) is 126 Å². The van der Waals surface area contributed by atoms with Gasteiger partial charge in [0.05, 0.1) is 6.10 Å². The van der Waals surface area contributed by atoms with E-state index in [-0.39, 0.29) is 106 Å². The van der Waals surface area contributed by atoms with Gasteiger partial charge in [0.1, 0.15) is 43.7 Å². The van der Waals surface area contributed by atoms with Crippen molar-refractivity contribution in [1.29, 1.82) is 0 Å². The van der Waals surface area contributed by atoms with Crippen LogP contribution in [0.3, 0.4) is 0 Å². The van der Waals surface area contributed by atoms with E-state index in [4.69, 9.17) is 18.9 Å². The molecule has 0 amide bonds. The van der Waals surface area contributed by atoms with Gasteiger partial charge in [-0.3, -0.25) is 19.2 Å². The van der Waals surface area contributed by atoms with Gasteiger partial charge in [0.25, 0.3) is 0 Å². The number of unbranched alkanes of at least 4 members (excludes halogenated alkanes) is 8. The maximum atomic E-state index is 14.2. The summed E-state index contributed by atoms with van der Waals surface area (Å²) < 4.78 is 23.7. The standard InChI is InChI=1S/C63H82O12/c1-9-15-19-23-54(64)42(7)31-47-39-51-37-46(57(67)26-22-18-12-4)38-53(63(51)75-30-28-73-59(69)14-6)41-49-34-44(55(65)24-20-16-10-2)33-48(61(49)71)40-52-36-45(56(66)25-21-17-11-3)35-50(32-43(8)60(47)70)62(52)74-29-27-72-58(68)13-5/h13-14,31,33-38,43,60,70-71H,5-7,9-12,15-30,32,39-41H2,1-4,8H3/b47-31-. The van der Waals surface area contributed by atoms with Crippen LogP contribution in [0.4, 0.5) is 0 Å². The molecular weight excluding hydrogens is 949 g/mol. The number of carbonyl (C=O) groups is 6. The van der Waals surface area contributed by atoms with Crippen LogP contribution >= 0.6 is 0 Å². The molecule has 2 N–H and O–H groups in total. The second-order valence-electron chi connectivity index (χ2n) is 19.8. The highest BCUT2D eigenvalue weighted by Crippen LogP contribution is 2.40. The van der Waals surface area contributed by atoms with Crippen LogP contribution in [0.5, 0.6) is 17.2 Å². The number of esters is 2. The van der Waals surface area contributed by atoms with Crippen molar-refractivity contribution in [2.75, 3.05) is 26.4 Å². The Morgan fingerprint density at radius 2 is 0.920 bits per heavy atom. The molecule has 1 aliphatic rings. The van der Waals surface area contributed by atoms with Crippen molar-refractivity contribution in [2.45, 2.75) is 169 Å². The number of ketones is 4. The predicted octanol–water partition coefficient (Wildman–Crippen LogP) is 12.8. The molecule has 0 saturated carbocycles.